The number of aromatic nitrogens is 3. The average molecular weight is 347 g/mol. The lowest BCUT2D eigenvalue weighted by atomic mass is 9.97. The van der Waals surface area contributed by atoms with Crippen LogP contribution in [0.1, 0.15) is 44.9 Å². The number of hydrogen-bond donors (Lipinski definition) is 1. The lowest BCUT2D eigenvalue weighted by molar-refractivity contribution is 0.375. The minimum Gasteiger partial charge on any atom is -0.301 e. The van der Waals surface area contributed by atoms with Gasteiger partial charge in [-0.2, -0.15) is 0 Å². The summed E-state index contributed by atoms with van der Waals surface area (Å²) in [7, 11) is 0. The Kier molecular flexibility index (Phi) is 4.17. The van der Waals surface area contributed by atoms with Gasteiger partial charge < -0.3 is 5.43 Å². The summed E-state index contributed by atoms with van der Waals surface area (Å²) in [4.78, 5) is 0. The van der Waals surface area contributed by atoms with Crippen molar-refractivity contribution in [3.8, 4) is 11.3 Å². The first kappa shape index (κ1) is 15.9. The van der Waals surface area contributed by atoms with Gasteiger partial charge in [-0.05, 0) is 53.7 Å². The Bertz CT molecular complexity index is 936. The van der Waals surface area contributed by atoms with E-state index in [9.17, 15) is 0 Å². The van der Waals surface area contributed by atoms with Gasteiger partial charge in [-0.3, -0.25) is 0 Å². The summed E-state index contributed by atoms with van der Waals surface area (Å²) in [5, 5.41) is 17.6. The van der Waals surface area contributed by atoms with Crippen molar-refractivity contribution in [3.05, 3.63) is 34.7 Å². The fourth-order valence-electron chi connectivity index (χ4n) is 4.68. The van der Waals surface area contributed by atoms with Crippen molar-refractivity contribution in [2.24, 2.45) is 5.92 Å². The monoisotopic (exact) mass is 347 g/mol. The second-order valence-corrected chi connectivity index (χ2v) is 7.80. The molecule has 2 aromatic rings. The number of anilines is 1. The smallest absolute Gasteiger partial charge is 0.167 e. The van der Waals surface area contributed by atoms with E-state index in [4.69, 9.17) is 0 Å². The standard InChI is InChI=1S/C21H25N5/c1-2-5-15-11-12-26(14-15)24-20-13-19(22-25-23-20)18-8-4-7-17-10-9-16(6-3-1)21(17)18/h4,7-8,10,13,15H,1-3,5-6,9,11-12,14H2,(H,22,23,24). The molecule has 1 aromatic carbocycles. The van der Waals surface area contributed by atoms with E-state index in [1.165, 1.54) is 54.5 Å². The number of rotatable bonds is 0. The van der Waals surface area contributed by atoms with Crippen molar-refractivity contribution in [2.45, 2.75) is 44.9 Å². The Labute approximate surface area is 153 Å². The number of hydrogen-bond acceptors (Lipinski definition) is 5. The first-order valence-corrected chi connectivity index (χ1v) is 9.90. The van der Waals surface area contributed by atoms with Crippen LogP contribution in [0.2, 0.25) is 0 Å². The van der Waals surface area contributed by atoms with Crippen LogP contribution < -0.4 is 15.9 Å². The van der Waals surface area contributed by atoms with Crippen LogP contribution in [0, 0.1) is 5.92 Å². The molecule has 1 aromatic heterocycles. The molecule has 4 bridgehead atoms. The van der Waals surface area contributed by atoms with Crippen molar-refractivity contribution < 1.29 is 0 Å². The summed E-state index contributed by atoms with van der Waals surface area (Å²) < 4.78 is 0. The highest BCUT2D eigenvalue weighted by Crippen LogP contribution is 2.25. The number of fused-ring (bicyclic) bond motifs is 5. The maximum atomic E-state index is 4.36. The molecule has 1 aliphatic carbocycles. The predicted octanol–water partition coefficient (Wildman–Crippen LogP) is 2.49. The molecule has 2 atom stereocenters. The zero-order valence-corrected chi connectivity index (χ0v) is 15.1. The summed E-state index contributed by atoms with van der Waals surface area (Å²) in [6.07, 6.45) is 11.2. The third-order valence-corrected chi connectivity index (χ3v) is 6.02. The first-order chi connectivity index (χ1) is 12.9. The molecule has 5 rings (SSSR count). The van der Waals surface area contributed by atoms with Gasteiger partial charge in [0, 0.05) is 24.7 Å². The first-order valence-electron chi connectivity index (χ1n) is 9.90. The predicted molar refractivity (Wildman–Crippen MR) is 103 cm³/mol. The average Bonchev–Trinajstić information content (AvgIpc) is 3.28. The van der Waals surface area contributed by atoms with Crippen molar-refractivity contribution >= 4 is 17.5 Å². The van der Waals surface area contributed by atoms with Gasteiger partial charge in [0.05, 0.1) is 5.69 Å². The topological polar surface area (TPSA) is 53.9 Å². The summed E-state index contributed by atoms with van der Waals surface area (Å²) in [5.41, 5.74) is 7.12. The van der Waals surface area contributed by atoms with E-state index in [1.807, 2.05) is 6.07 Å². The lowest BCUT2D eigenvalue weighted by Gasteiger charge is -2.17. The van der Waals surface area contributed by atoms with E-state index in [2.05, 4.69) is 50.1 Å². The van der Waals surface area contributed by atoms with E-state index in [1.54, 1.807) is 5.57 Å². The molecule has 2 unspecified atom stereocenters. The fraction of sp³-hybridized carbons (Fsp3) is 0.476. The molecule has 5 heteroatoms. The highest BCUT2D eigenvalue weighted by atomic mass is 15.5. The molecule has 1 N–H and O–H groups in total. The van der Waals surface area contributed by atoms with E-state index >= 15 is 0 Å². The van der Waals surface area contributed by atoms with Gasteiger partial charge in [0.2, 0.25) is 0 Å². The van der Waals surface area contributed by atoms with Crippen LogP contribution in [0.25, 0.3) is 22.9 Å². The highest BCUT2D eigenvalue weighted by molar-refractivity contribution is 5.71. The number of nitrogens with zero attached hydrogens (tertiary/aromatic N) is 4. The lowest BCUT2D eigenvalue weighted by Crippen LogP contribution is -2.28. The molecule has 3 heterocycles. The maximum absolute atomic E-state index is 4.36. The maximum Gasteiger partial charge on any atom is 0.167 e. The van der Waals surface area contributed by atoms with Crippen molar-refractivity contribution in [3.63, 3.8) is 0 Å². The van der Waals surface area contributed by atoms with E-state index < -0.39 is 0 Å². The van der Waals surface area contributed by atoms with Crippen molar-refractivity contribution in [2.75, 3.05) is 18.5 Å². The minimum absolute atomic E-state index is 0.798. The SMILES string of the molecule is C1=c2cccc3c2=C(C1)CCCCCC1CCN(C1)Nc1cc-3nnn1. The number of hydrazine groups is 1. The summed E-state index contributed by atoms with van der Waals surface area (Å²) >= 11 is 0. The zero-order chi connectivity index (χ0) is 17.3. The molecule has 134 valence electrons. The summed E-state index contributed by atoms with van der Waals surface area (Å²) in [6, 6.07) is 8.57. The molecule has 3 aliphatic rings. The van der Waals surface area contributed by atoms with Gasteiger partial charge >= 0.3 is 0 Å². The third-order valence-electron chi connectivity index (χ3n) is 6.02. The summed E-state index contributed by atoms with van der Waals surface area (Å²) in [5.74, 6) is 1.60. The van der Waals surface area contributed by atoms with Crippen LogP contribution in [0.15, 0.2) is 24.3 Å². The molecule has 26 heavy (non-hydrogen) atoms. The van der Waals surface area contributed by atoms with Crippen LogP contribution in [0.3, 0.4) is 0 Å². The van der Waals surface area contributed by atoms with Gasteiger partial charge in [0.1, 0.15) is 0 Å². The molecule has 0 radical (unpaired) electrons. The van der Waals surface area contributed by atoms with Crippen molar-refractivity contribution in [1.29, 1.82) is 0 Å². The Balaban J connectivity index is 1.60. The Hall–Kier alpha value is -2.27. The molecule has 0 saturated carbocycles. The van der Waals surface area contributed by atoms with Gasteiger partial charge in [-0.1, -0.05) is 42.7 Å². The van der Waals surface area contributed by atoms with Gasteiger partial charge in [0.15, 0.2) is 5.82 Å². The minimum atomic E-state index is 0.798. The van der Waals surface area contributed by atoms with Crippen LogP contribution in [-0.4, -0.2) is 33.5 Å². The van der Waals surface area contributed by atoms with E-state index in [0.29, 0.717) is 0 Å². The molecule has 0 spiro atoms. The molecular weight excluding hydrogens is 322 g/mol. The molecule has 0 amide bonds. The Morgan fingerprint density at radius 1 is 1.08 bits per heavy atom. The van der Waals surface area contributed by atoms with Gasteiger partial charge in [-0.15, -0.1) is 10.2 Å². The largest absolute Gasteiger partial charge is 0.301 e. The molecule has 1 saturated heterocycles. The third kappa shape index (κ3) is 3.01. The zero-order valence-electron chi connectivity index (χ0n) is 15.1. The van der Waals surface area contributed by atoms with Crippen LogP contribution >= 0.6 is 0 Å². The molecular formula is C21H25N5. The van der Waals surface area contributed by atoms with Crippen molar-refractivity contribution in [1.82, 2.24) is 20.4 Å². The van der Waals surface area contributed by atoms with Gasteiger partial charge in [0.25, 0.3) is 0 Å². The fourth-order valence-corrected chi connectivity index (χ4v) is 4.68. The van der Waals surface area contributed by atoms with Crippen LogP contribution in [0.5, 0.6) is 0 Å². The van der Waals surface area contributed by atoms with E-state index in [-0.39, 0.29) is 0 Å². The molecule has 1 fully saturated rings. The normalized spacial score (nSPS) is 24.8. The second-order valence-electron chi connectivity index (χ2n) is 7.80. The molecule has 2 aliphatic heterocycles. The highest BCUT2D eigenvalue weighted by Gasteiger charge is 2.23. The van der Waals surface area contributed by atoms with Gasteiger partial charge in [-0.25, -0.2) is 5.01 Å². The second kappa shape index (κ2) is 6.80. The molecule has 5 nitrogen and oxygen atoms in total. The summed E-state index contributed by atoms with van der Waals surface area (Å²) in [6.45, 7) is 2.18. The Morgan fingerprint density at radius 3 is 3.08 bits per heavy atom. The van der Waals surface area contributed by atoms with Crippen LogP contribution in [0.4, 0.5) is 5.82 Å². The Morgan fingerprint density at radius 2 is 2.08 bits per heavy atom. The quantitative estimate of drug-likeness (QED) is 0.793. The number of benzene rings is 1. The van der Waals surface area contributed by atoms with Crippen LogP contribution in [-0.2, 0) is 0 Å². The number of nitrogens with one attached hydrogen (secondary N) is 1. The van der Waals surface area contributed by atoms with E-state index in [0.717, 1.165) is 36.9 Å².